The van der Waals surface area contributed by atoms with E-state index in [1.54, 1.807) is 6.20 Å². The lowest BCUT2D eigenvalue weighted by molar-refractivity contribution is 0.0433. The molecule has 0 bridgehead atoms. The van der Waals surface area contributed by atoms with Crippen molar-refractivity contribution in [3.63, 3.8) is 0 Å². The van der Waals surface area contributed by atoms with Crippen molar-refractivity contribution in [2.75, 3.05) is 0 Å². The summed E-state index contributed by atoms with van der Waals surface area (Å²) in [6.45, 7) is 4.95. The number of hydrogen-bond acceptors (Lipinski definition) is 3. The highest BCUT2D eigenvalue weighted by atomic mass is 16.5. The predicted octanol–water partition coefficient (Wildman–Crippen LogP) is 2.04. The average molecular weight is 222 g/mol. The second kappa shape index (κ2) is 4.78. The molecule has 1 saturated heterocycles. The molecule has 1 aliphatic rings. The van der Waals surface area contributed by atoms with Gasteiger partial charge >= 0.3 is 0 Å². The highest BCUT2D eigenvalue weighted by Crippen LogP contribution is 2.22. The lowest BCUT2D eigenvalue weighted by atomic mass is 10.1. The quantitative estimate of drug-likeness (QED) is 0.732. The molecule has 0 spiro atoms. The summed E-state index contributed by atoms with van der Waals surface area (Å²) < 4.78 is 7.37. The molecule has 2 atom stereocenters. The van der Waals surface area contributed by atoms with Gasteiger partial charge in [0.05, 0.1) is 17.9 Å². The fourth-order valence-electron chi connectivity index (χ4n) is 2.02. The third-order valence-corrected chi connectivity index (χ3v) is 2.89. The number of carbonyl (C=O) groups is 1. The van der Waals surface area contributed by atoms with Crippen LogP contribution >= 0.6 is 0 Å². The van der Waals surface area contributed by atoms with Gasteiger partial charge in [0, 0.05) is 12.7 Å². The zero-order chi connectivity index (χ0) is 11.5. The van der Waals surface area contributed by atoms with Crippen molar-refractivity contribution in [1.82, 2.24) is 9.78 Å². The lowest BCUT2D eigenvalue weighted by Crippen LogP contribution is -2.20. The fraction of sp³-hybridized carbons (Fsp3) is 0.667. The minimum atomic E-state index is -0.255. The van der Waals surface area contributed by atoms with Crippen LogP contribution in [0.1, 0.15) is 43.5 Å². The number of Topliss-reactive ketones (excluding diaryl/α,β-unsaturated/α-hetero) is 1. The molecule has 1 aliphatic heterocycles. The molecule has 16 heavy (non-hydrogen) atoms. The number of aromatic nitrogens is 2. The van der Waals surface area contributed by atoms with Gasteiger partial charge in [-0.05, 0) is 26.2 Å². The van der Waals surface area contributed by atoms with E-state index < -0.39 is 0 Å². The van der Waals surface area contributed by atoms with Crippen molar-refractivity contribution in [3.8, 4) is 0 Å². The Morgan fingerprint density at radius 1 is 1.62 bits per heavy atom. The van der Waals surface area contributed by atoms with Crippen molar-refractivity contribution in [1.29, 1.82) is 0 Å². The molecule has 88 valence electrons. The molecule has 2 rings (SSSR count). The molecule has 4 heteroatoms. The van der Waals surface area contributed by atoms with Crippen LogP contribution in [0.2, 0.25) is 0 Å². The Kier molecular flexibility index (Phi) is 3.39. The molecule has 2 heterocycles. The average Bonchev–Trinajstić information content (AvgIpc) is 2.87. The van der Waals surface area contributed by atoms with Crippen LogP contribution in [0, 0.1) is 0 Å². The molecule has 1 fully saturated rings. The van der Waals surface area contributed by atoms with Crippen molar-refractivity contribution < 1.29 is 9.53 Å². The van der Waals surface area contributed by atoms with Crippen molar-refractivity contribution in [2.45, 2.75) is 51.9 Å². The SMILES string of the molecule is CCCn1cc(C(=O)C2CCC(C)O2)cn1. The molecule has 0 aliphatic carbocycles. The molecular weight excluding hydrogens is 204 g/mol. The molecular formula is C12H18N2O2. The van der Waals surface area contributed by atoms with Crippen LogP contribution in [0.5, 0.6) is 0 Å². The summed E-state index contributed by atoms with van der Waals surface area (Å²) in [5, 5.41) is 4.16. The number of ketones is 1. The van der Waals surface area contributed by atoms with E-state index in [9.17, 15) is 4.79 Å². The molecule has 1 aromatic heterocycles. The first-order valence-corrected chi connectivity index (χ1v) is 5.93. The van der Waals surface area contributed by atoms with Gasteiger partial charge in [-0.3, -0.25) is 9.48 Å². The van der Waals surface area contributed by atoms with Gasteiger partial charge in [-0.15, -0.1) is 0 Å². The van der Waals surface area contributed by atoms with Crippen LogP contribution in [0.3, 0.4) is 0 Å². The number of ether oxygens (including phenoxy) is 1. The molecule has 4 nitrogen and oxygen atoms in total. The molecule has 0 amide bonds. The number of carbonyl (C=O) groups excluding carboxylic acids is 1. The highest BCUT2D eigenvalue weighted by Gasteiger charge is 2.29. The maximum absolute atomic E-state index is 12.0. The Bertz CT molecular complexity index is 373. The number of aryl methyl sites for hydroxylation is 1. The van der Waals surface area contributed by atoms with E-state index >= 15 is 0 Å². The number of nitrogens with zero attached hydrogens (tertiary/aromatic N) is 2. The van der Waals surface area contributed by atoms with Gasteiger partial charge in [0.1, 0.15) is 6.10 Å². The molecule has 2 unspecified atom stereocenters. The van der Waals surface area contributed by atoms with Crippen molar-refractivity contribution in [2.24, 2.45) is 0 Å². The smallest absolute Gasteiger partial charge is 0.194 e. The van der Waals surface area contributed by atoms with Crippen LogP contribution in [-0.2, 0) is 11.3 Å². The standard InChI is InChI=1S/C12H18N2O2/c1-3-6-14-8-10(7-13-14)12(15)11-5-4-9(2)16-11/h7-9,11H,3-6H2,1-2H3. The maximum Gasteiger partial charge on any atom is 0.194 e. The van der Waals surface area contributed by atoms with E-state index in [-0.39, 0.29) is 18.0 Å². The van der Waals surface area contributed by atoms with Crippen LogP contribution in [-0.4, -0.2) is 27.8 Å². The first-order chi connectivity index (χ1) is 7.70. The Morgan fingerprint density at radius 2 is 2.44 bits per heavy atom. The van der Waals surface area contributed by atoms with E-state index in [4.69, 9.17) is 4.74 Å². The van der Waals surface area contributed by atoms with Crippen molar-refractivity contribution in [3.05, 3.63) is 18.0 Å². The maximum atomic E-state index is 12.0. The van der Waals surface area contributed by atoms with Gasteiger partial charge in [0.2, 0.25) is 0 Å². The van der Waals surface area contributed by atoms with Gasteiger partial charge in [-0.25, -0.2) is 0 Å². The van der Waals surface area contributed by atoms with Crippen LogP contribution < -0.4 is 0 Å². The second-order valence-electron chi connectivity index (χ2n) is 4.37. The summed E-state index contributed by atoms with van der Waals surface area (Å²) in [5.74, 6) is 0.0757. The molecule has 0 saturated carbocycles. The zero-order valence-corrected chi connectivity index (χ0v) is 9.85. The Morgan fingerprint density at radius 3 is 3.06 bits per heavy atom. The summed E-state index contributed by atoms with van der Waals surface area (Å²) in [6, 6.07) is 0. The van der Waals surface area contributed by atoms with Gasteiger partial charge in [0.15, 0.2) is 5.78 Å². The fourth-order valence-corrected chi connectivity index (χ4v) is 2.02. The number of hydrogen-bond donors (Lipinski definition) is 0. The zero-order valence-electron chi connectivity index (χ0n) is 9.85. The molecule has 1 aromatic rings. The third kappa shape index (κ3) is 2.32. The Hall–Kier alpha value is -1.16. The first-order valence-electron chi connectivity index (χ1n) is 5.93. The Balaban J connectivity index is 2.03. The summed E-state index contributed by atoms with van der Waals surface area (Å²) >= 11 is 0. The predicted molar refractivity (Wildman–Crippen MR) is 60.4 cm³/mol. The topological polar surface area (TPSA) is 44.1 Å². The normalized spacial score (nSPS) is 24.9. The number of rotatable bonds is 4. The highest BCUT2D eigenvalue weighted by molar-refractivity contribution is 5.99. The van der Waals surface area contributed by atoms with E-state index in [2.05, 4.69) is 12.0 Å². The van der Waals surface area contributed by atoms with Gasteiger partial charge in [-0.1, -0.05) is 6.92 Å². The van der Waals surface area contributed by atoms with Gasteiger partial charge in [0.25, 0.3) is 0 Å². The largest absolute Gasteiger partial charge is 0.367 e. The summed E-state index contributed by atoms with van der Waals surface area (Å²) in [5.41, 5.74) is 0.674. The van der Waals surface area contributed by atoms with E-state index in [1.807, 2.05) is 17.8 Å². The van der Waals surface area contributed by atoms with Crippen molar-refractivity contribution >= 4 is 5.78 Å². The van der Waals surface area contributed by atoms with Crippen LogP contribution in [0.4, 0.5) is 0 Å². The summed E-state index contributed by atoms with van der Waals surface area (Å²) in [7, 11) is 0. The van der Waals surface area contributed by atoms with Crippen LogP contribution in [0.25, 0.3) is 0 Å². The molecule has 0 N–H and O–H groups in total. The first kappa shape index (κ1) is 11.3. The molecule has 0 aromatic carbocycles. The Labute approximate surface area is 95.6 Å². The third-order valence-electron chi connectivity index (χ3n) is 2.89. The minimum absolute atomic E-state index is 0.0757. The summed E-state index contributed by atoms with van der Waals surface area (Å²) in [4.78, 5) is 12.0. The van der Waals surface area contributed by atoms with E-state index in [1.165, 1.54) is 0 Å². The van der Waals surface area contributed by atoms with Gasteiger partial charge in [-0.2, -0.15) is 5.10 Å². The lowest BCUT2D eigenvalue weighted by Gasteiger charge is -2.07. The second-order valence-corrected chi connectivity index (χ2v) is 4.37. The van der Waals surface area contributed by atoms with Crippen LogP contribution in [0.15, 0.2) is 12.4 Å². The molecule has 0 radical (unpaired) electrons. The minimum Gasteiger partial charge on any atom is -0.367 e. The van der Waals surface area contributed by atoms with E-state index in [0.29, 0.717) is 5.56 Å². The monoisotopic (exact) mass is 222 g/mol. The summed E-state index contributed by atoms with van der Waals surface area (Å²) in [6.07, 6.45) is 6.24. The van der Waals surface area contributed by atoms with E-state index in [0.717, 1.165) is 25.8 Å². The van der Waals surface area contributed by atoms with Gasteiger partial charge < -0.3 is 4.74 Å².